The van der Waals surface area contributed by atoms with Crippen molar-refractivity contribution in [1.82, 2.24) is 15.6 Å². The molecule has 0 saturated heterocycles. The Kier molecular flexibility index (Phi) is 12.6. The lowest BCUT2D eigenvalue weighted by Gasteiger charge is -2.46. The summed E-state index contributed by atoms with van der Waals surface area (Å²) in [5.41, 5.74) is 0.225. The number of carbonyl (C=O) groups excluding carboxylic acids is 2. The summed E-state index contributed by atoms with van der Waals surface area (Å²) in [6, 6.07) is 3.32. The van der Waals surface area contributed by atoms with E-state index in [9.17, 15) is 14.4 Å². The van der Waals surface area contributed by atoms with Gasteiger partial charge in [0.05, 0.1) is 6.61 Å². The van der Waals surface area contributed by atoms with Crippen LogP contribution in [0.1, 0.15) is 52.1 Å². The number of H-pyrrole nitrogens is 1. The van der Waals surface area contributed by atoms with Crippen molar-refractivity contribution in [1.29, 1.82) is 0 Å². The van der Waals surface area contributed by atoms with Crippen LogP contribution in [0.3, 0.4) is 0 Å². The number of urea groups is 1. The molecule has 2 unspecified atom stereocenters. The number of nitrogens with one attached hydrogen (secondary N) is 4. The smallest absolute Gasteiger partial charge is 0.407 e. The predicted octanol–water partition coefficient (Wildman–Crippen LogP) is 5.09. The first-order valence-electron chi connectivity index (χ1n) is 14.4. The molecular formula is C28H52N4O7Si2. The number of alkyl carbamates (subject to hydrolysis) is 1. The first-order valence-corrected chi connectivity index (χ1v) is 20.4. The van der Waals surface area contributed by atoms with Crippen molar-refractivity contribution < 1.29 is 27.6 Å². The van der Waals surface area contributed by atoms with Gasteiger partial charge in [-0.2, -0.15) is 0 Å². The Morgan fingerprint density at radius 1 is 1.07 bits per heavy atom. The molecule has 11 nitrogen and oxygen atoms in total. The van der Waals surface area contributed by atoms with Crippen LogP contribution in [0.5, 0.6) is 0 Å². The summed E-state index contributed by atoms with van der Waals surface area (Å²) in [6.45, 7) is 18.3. The van der Waals surface area contributed by atoms with Gasteiger partial charge in [-0.3, -0.25) is 10.1 Å². The maximum absolute atomic E-state index is 12.5. The van der Waals surface area contributed by atoms with E-state index in [2.05, 4.69) is 67.9 Å². The van der Waals surface area contributed by atoms with Crippen molar-refractivity contribution in [2.45, 2.75) is 91.7 Å². The molecule has 0 radical (unpaired) electrons. The topological polar surface area (TPSA) is 140 Å². The standard InChI is InChI=1S/C28H52N4O7Si2/c1-21-15-23(33)16-24(30-21)32-25(34)29-20-28(4)18-22(17-27(2,3)19-28)31-26(35)38-13-12-37-11-10-14-40(6,7)39-41(8,9)36-5/h15-16,22H,10-14,17-20H2,1-9H3,(H,31,35)(H3,29,30,32,33,34). The molecular weight excluding hydrogens is 561 g/mol. The molecule has 2 rings (SSSR count). The van der Waals surface area contributed by atoms with Crippen molar-refractivity contribution in [3.63, 3.8) is 0 Å². The lowest BCUT2D eigenvalue weighted by Crippen LogP contribution is -2.51. The van der Waals surface area contributed by atoms with E-state index in [1.807, 2.05) is 0 Å². The number of ether oxygens (including phenoxy) is 2. The molecule has 1 saturated carbocycles. The maximum Gasteiger partial charge on any atom is 0.407 e. The predicted molar refractivity (Wildman–Crippen MR) is 166 cm³/mol. The molecule has 1 aliphatic carbocycles. The van der Waals surface area contributed by atoms with E-state index in [0.29, 0.717) is 37.7 Å². The van der Waals surface area contributed by atoms with Crippen LogP contribution in [-0.4, -0.2) is 73.5 Å². The highest BCUT2D eigenvalue weighted by atomic mass is 28.4. The molecule has 13 heteroatoms. The van der Waals surface area contributed by atoms with Gasteiger partial charge >= 0.3 is 20.7 Å². The Hall–Kier alpha value is -2.20. The number of hydrogen-bond donors (Lipinski definition) is 4. The number of aryl methyl sites for hydroxylation is 1. The lowest BCUT2D eigenvalue weighted by molar-refractivity contribution is 0.0539. The van der Waals surface area contributed by atoms with Crippen LogP contribution in [0.4, 0.5) is 15.4 Å². The molecule has 3 amide bonds. The van der Waals surface area contributed by atoms with E-state index in [1.165, 1.54) is 12.1 Å². The Morgan fingerprint density at radius 2 is 1.78 bits per heavy atom. The number of amides is 3. The van der Waals surface area contributed by atoms with E-state index >= 15 is 0 Å². The molecule has 1 aromatic rings. The SMILES string of the molecule is CO[Si](C)(C)O[Si](C)(C)CCCOCCOC(=O)NC1CC(C)(C)CC(C)(CNC(=O)Nc2cc(=O)cc(C)[nH]2)C1. The number of hydrogen-bond acceptors (Lipinski definition) is 7. The van der Waals surface area contributed by atoms with Crippen LogP contribution in [0.15, 0.2) is 16.9 Å². The number of pyridine rings is 1. The van der Waals surface area contributed by atoms with Gasteiger partial charge in [0.25, 0.3) is 0 Å². The minimum absolute atomic E-state index is 0.0320. The average molecular weight is 613 g/mol. The molecule has 1 aromatic heterocycles. The number of aromatic amines is 1. The fourth-order valence-corrected chi connectivity index (χ4v) is 13.0. The Morgan fingerprint density at radius 3 is 2.44 bits per heavy atom. The van der Waals surface area contributed by atoms with E-state index < -0.39 is 23.0 Å². The van der Waals surface area contributed by atoms with Crippen molar-refractivity contribution in [3.8, 4) is 0 Å². The summed E-state index contributed by atoms with van der Waals surface area (Å²) in [6.07, 6.45) is 2.84. The molecule has 1 heterocycles. The van der Waals surface area contributed by atoms with Crippen molar-refractivity contribution in [2.24, 2.45) is 10.8 Å². The summed E-state index contributed by atoms with van der Waals surface area (Å²) in [5.74, 6) is 0.347. The molecule has 1 aliphatic rings. The number of anilines is 1. The maximum atomic E-state index is 12.5. The summed E-state index contributed by atoms with van der Waals surface area (Å²) < 4.78 is 22.9. The highest BCUT2D eigenvalue weighted by Gasteiger charge is 2.42. The Labute approximate surface area is 247 Å². The fraction of sp³-hybridized carbons (Fsp3) is 0.750. The molecule has 1 fully saturated rings. The summed E-state index contributed by atoms with van der Waals surface area (Å²) in [4.78, 5) is 39.7. The quantitative estimate of drug-likeness (QED) is 0.169. The van der Waals surface area contributed by atoms with E-state index in [1.54, 1.807) is 14.0 Å². The van der Waals surface area contributed by atoms with Crippen LogP contribution < -0.4 is 21.4 Å². The largest absolute Gasteiger partial charge is 0.447 e. The average Bonchev–Trinajstić information content (AvgIpc) is 2.79. The monoisotopic (exact) mass is 612 g/mol. The van der Waals surface area contributed by atoms with Crippen LogP contribution >= 0.6 is 0 Å². The highest BCUT2D eigenvalue weighted by Crippen LogP contribution is 2.45. The number of carbonyl (C=O) groups is 2. The van der Waals surface area contributed by atoms with Gasteiger partial charge in [-0.05, 0) is 75.7 Å². The zero-order chi connectivity index (χ0) is 30.9. The number of rotatable bonds is 14. The Bertz CT molecular complexity index is 1080. The van der Waals surface area contributed by atoms with Crippen LogP contribution in [0, 0.1) is 17.8 Å². The van der Waals surface area contributed by atoms with Gasteiger partial charge in [-0.1, -0.05) is 20.8 Å². The number of aromatic nitrogens is 1. The second kappa shape index (κ2) is 14.8. The third-order valence-corrected chi connectivity index (χ3v) is 13.9. The van der Waals surface area contributed by atoms with Gasteiger partial charge in [-0.15, -0.1) is 0 Å². The van der Waals surface area contributed by atoms with Gasteiger partial charge in [0.2, 0.25) is 0 Å². The first-order chi connectivity index (χ1) is 18.9. The molecule has 41 heavy (non-hydrogen) atoms. The van der Waals surface area contributed by atoms with Crippen LogP contribution in [0.25, 0.3) is 0 Å². The van der Waals surface area contributed by atoms with E-state index in [-0.39, 0.29) is 34.9 Å². The lowest BCUT2D eigenvalue weighted by atomic mass is 9.62. The normalized spacial score (nSPS) is 20.8. The first kappa shape index (κ1) is 35.0. The summed E-state index contributed by atoms with van der Waals surface area (Å²) in [7, 11) is -2.15. The summed E-state index contributed by atoms with van der Waals surface area (Å²) in [5, 5.41) is 8.64. The minimum atomic E-state index is -2.05. The van der Waals surface area contributed by atoms with Crippen LogP contribution in [0.2, 0.25) is 32.2 Å². The molecule has 4 N–H and O–H groups in total. The zero-order valence-electron chi connectivity index (χ0n) is 26.5. The molecule has 0 bridgehead atoms. The molecule has 2 atom stereocenters. The zero-order valence-corrected chi connectivity index (χ0v) is 28.5. The van der Waals surface area contributed by atoms with Gasteiger partial charge < -0.3 is 33.6 Å². The van der Waals surface area contributed by atoms with Crippen molar-refractivity contribution in [3.05, 3.63) is 28.0 Å². The third kappa shape index (κ3) is 13.5. The van der Waals surface area contributed by atoms with E-state index in [0.717, 1.165) is 25.3 Å². The molecule has 0 spiro atoms. The molecule has 0 aromatic carbocycles. The molecule has 234 valence electrons. The van der Waals surface area contributed by atoms with Crippen LogP contribution in [-0.2, 0) is 18.0 Å². The summed E-state index contributed by atoms with van der Waals surface area (Å²) >= 11 is 0. The Balaban J connectivity index is 1.72. The van der Waals surface area contributed by atoms with E-state index in [4.69, 9.17) is 18.0 Å². The van der Waals surface area contributed by atoms with Crippen molar-refractivity contribution in [2.75, 3.05) is 38.8 Å². The van der Waals surface area contributed by atoms with Gasteiger partial charge in [0.1, 0.15) is 12.4 Å². The fourth-order valence-electron chi connectivity index (χ4n) is 5.94. The second-order valence-electron chi connectivity index (χ2n) is 13.4. The van der Waals surface area contributed by atoms with Gasteiger partial charge in [0, 0.05) is 44.1 Å². The second-order valence-corrected chi connectivity index (χ2v) is 21.5. The highest BCUT2D eigenvalue weighted by molar-refractivity contribution is 6.82. The van der Waals surface area contributed by atoms with Gasteiger partial charge in [-0.25, -0.2) is 9.59 Å². The molecule has 0 aliphatic heterocycles. The third-order valence-electron chi connectivity index (χ3n) is 7.21. The van der Waals surface area contributed by atoms with Gasteiger partial charge in [0.15, 0.2) is 13.7 Å². The van der Waals surface area contributed by atoms with Crippen molar-refractivity contribution >= 4 is 34.8 Å². The minimum Gasteiger partial charge on any atom is -0.447 e.